The first-order chi connectivity index (χ1) is 2.41. The van der Waals surface area contributed by atoms with Gasteiger partial charge in [-0.3, -0.25) is 3.07 Å². The normalized spacial score (nSPS) is 5.50. The lowest BCUT2D eigenvalue weighted by Gasteiger charge is -1.27. The molecule has 0 saturated carbocycles. The molecule has 0 heterocycles. The van der Waals surface area contributed by atoms with E-state index in [1.54, 1.807) is 0 Å². The SMILES string of the molecule is O=[SiH2].[3H]I=O. The Balaban J connectivity index is 0. The Morgan fingerprint density at radius 2 is 2.00 bits per heavy atom. The Morgan fingerprint density at radius 1 is 2.00 bits per heavy atom. The zero-order chi connectivity index (χ0) is 4.71. The first-order valence-corrected chi connectivity index (χ1v) is 1.90. The van der Waals surface area contributed by atoms with Gasteiger partial charge in [0.05, 0.1) is 0 Å². The van der Waals surface area contributed by atoms with E-state index in [1.807, 2.05) is 0 Å². The summed E-state index contributed by atoms with van der Waals surface area (Å²) in [4.78, 5) is 0. The summed E-state index contributed by atoms with van der Waals surface area (Å²) < 4.78 is 22.7. The number of hydrogen-bond acceptors (Lipinski definition) is 2. The predicted octanol–water partition coefficient (Wildman–Crippen LogP) is -0.536. The third kappa shape index (κ3) is 20.4. The second-order valence-corrected chi connectivity index (χ2v) is 0. The molecule has 0 aromatic heterocycles. The Bertz CT molecular complexity index is 23.6. The number of hydrogen-bond donors (Lipinski definition) is 0. The van der Waals surface area contributed by atoms with E-state index >= 15 is 0 Å². The fraction of sp³-hybridized carbons (Fsp3) is 0. The average Bonchev–Trinajstić information content (AvgIpc) is 1.46. The minimum atomic E-state index is -1.41. The third-order valence-corrected chi connectivity index (χ3v) is 0. The van der Waals surface area contributed by atoms with Crippen molar-refractivity contribution in [3.8, 4) is 0 Å². The molecule has 0 aliphatic carbocycles. The van der Waals surface area contributed by atoms with Crippen molar-refractivity contribution in [2.45, 2.75) is 0 Å². The Labute approximate surface area is 41.0 Å². The van der Waals surface area contributed by atoms with Gasteiger partial charge in [-0.2, -0.15) is 0 Å². The standard InChI is InChI=1S/HIO.H2OSi/c2*1-2/h1H;2H2/i1T;. The van der Waals surface area contributed by atoms with Crippen LogP contribution in [0.15, 0.2) is 0 Å². The van der Waals surface area contributed by atoms with Crippen LogP contribution < -0.4 is 0 Å². The van der Waals surface area contributed by atoms with Crippen LogP contribution in [0, 0.1) is 0 Å². The summed E-state index contributed by atoms with van der Waals surface area (Å²) in [5.74, 6) is 0. The first-order valence-electron chi connectivity index (χ1n) is 0.821. The highest BCUT2D eigenvalue weighted by Gasteiger charge is 0.889. The molecule has 0 atom stereocenters. The summed E-state index contributed by atoms with van der Waals surface area (Å²) in [6.07, 6.45) is 0. The van der Waals surface area contributed by atoms with Gasteiger partial charge >= 0.3 is 0 Å². The summed E-state index contributed by atoms with van der Waals surface area (Å²) in [7, 11) is 0.611. The van der Waals surface area contributed by atoms with E-state index in [2.05, 4.69) is 0 Å². The number of halogens is 1. The summed E-state index contributed by atoms with van der Waals surface area (Å²) in [5.41, 5.74) is 0. The van der Waals surface area contributed by atoms with Crippen LogP contribution in [0.25, 0.3) is 0 Å². The highest BCUT2D eigenvalue weighted by atomic mass is 127. The maximum Gasteiger partial charge on any atom is 0.245 e. The van der Waals surface area contributed by atoms with Gasteiger partial charge in [-0.1, -0.05) is 0 Å². The monoisotopic (exact) mass is 192 g/mol. The van der Waals surface area contributed by atoms with Crippen LogP contribution >= 0.6 is 22.4 Å². The highest BCUT2D eigenvalue weighted by molar-refractivity contribution is 5.85. The van der Waals surface area contributed by atoms with E-state index in [1.165, 1.54) is 0 Å². The molecule has 4 heavy (non-hydrogen) atoms. The van der Waals surface area contributed by atoms with E-state index in [4.69, 9.17) is 8.12 Å². The van der Waals surface area contributed by atoms with Crippen molar-refractivity contribution < 1.29 is 7.53 Å². The molecule has 26 valence electrons. The topological polar surface area (TPSA) is 34.1 Å². The Kier molecular flexibility index (Phi) is 87.4. The fourth-order valence-electron chi connectivity index (χ4n) is 0. The zero-order valence-electron chi connectivity index (χ0n) is 2.90. The highest BCUT2D eigenvalue weighted by Crippen LogP contribution is 0.469. The van der Waals surface area contributed by atoms with Gasteiger partial charge in [-0.05, 0) is 0 Å². The van der Waals surface area contributed by atoms with Gasteiger partial charge in [-0.25, -0.2) is 0 Å². The van der Waals surface area contributed by atoms with Crippen molar-refractivity contribution in [3.05, 3.63) is 0 Å². The molecule has 0 amide bonds. The van der Waals surface area contributed by atoms with E-state index in [0.29, 0.717) is 10.1 Å². The van der Waals surface area contributed by atoms with Crippen LogP contribution in [0.5, 0.6) is 0 Å². The van der Waals surface area contributed by atoms with Crippen molar-refractivity contribution in [2.75, 3.05) is 0 Å². The molecule has 0 aliphatic rings. The molecule has 0 fully saturated rings. The van der Waals surface area contributed by atoms with E-state index in [0.717, 1.165) is 0 Å². The van der Waals surface area contributed by atoms with Gasteiger partial charge in [-0.15, -0.1) is 0 Å². The lowest BCUT2D eigenvalue weighted by atomic mass is 16.0. The molecular formula is H3IO2Si. The number of rotatable bonds is 0. The summed E-state index contributed by atoms with van der Waals surface area (Å²) in [6.45, 7) is 0. The molecule has 0 rings (SSSR count). The molecule has 0 unspecified atom stereocenters. The molecule has 0 aromatic rings. The van der Waals surface area contributed by atoms with Gasteiger partial charge in [0.15, 0.2) is 0 Å². The Hall–Kier alpha value is 0.547. The largest absolute Gasteiger partial charge is 0.396 e. The Morgan fingerprint density at radius 3 is 2.00 bits per heavy atom. The van der Waals surface area contributed by atoms with Crippen LogP contribution in [0.1, 0.15) is 0 Å². The lowest BCUT2D eigenvalue weighted by Crippen LogP contribution is -3.44. The smallest absolute Gasteiger partial charge is 0.245 e. The van der Waals surface area contributed by atoms with Crippen LogP contribution in [0.4, 0.5) is 0 Å². The summed E-state index contributed by atoms with van der Waals surface area (Å²) in [6, 6.07) is 0. The molecule has 0 N–H and O–H groups in total. The second-order valence-electron chi connectivity index (χ2n) is 0. The summed E-state index contributed by atoms with van der Waals surface area (Å²) in [5, 5.41) is 0. The molecule has 0 aromatic carbocycles. The molecular weight excluding hydrogens is 187 g/mol. The first kappa shape index (κ1) is 4.55. The lowest BCUT2D eigenvalue weighted by molar-refractivity contribution is -1.000. The molecule has 0 aliphatic heterocycles. The van der Waals surface area contributed by atoms with Gasteiger partial charge in [0.25, 0.3) is 0 Å². The third-order valence-electron chi connectivity index (χ3n) is 0. The maximum atomic E-state index is 8.71. The van der Waals surface area contributed by atoms with Crippen molar-refractivity contribution in [2.24, 2.45) is 0 Å². The van der Waals surface area contributed by atoms with Crippen molar-refractivity contribution in [1.29, 1.82) is 0.594 Å². The molecule has 2 nitrogen and oxygen atoms in total. The fourth-order valence-corrected chi connectivity index (χ4v) is 0. The maximum absolute atomic E-state index is 8.71. The molecule has 0 saturated heterocycles. The van der Waals surface area contributed by atoms with E-state index in [9.17, 15) is 0 Å². The molecule has 0 radical (unpaired) electrons. The minimum absolute atomic E-state index is 0.611. The molecule has 4 heteroatoms. The van der Waals surface area contributed by atoms with Crippen molar-refractivity contribution in [3.63, 3.8) is 0 Å². The van der Waals surface area contributed by atoms with Gasteiger partial charge in [0, 0.05) is 0 Å². The predicted molar refractivity (Wildman–Crippen MR) is 25.3 cm³/mol. The van der Waals surface area contributed by atoms with Crippen LogP contribution in [-0.4, -0.2) is 10.7 Å². The average molecular weight is 192 g/mol. The van der Waals surface area contributed by atoms with Crippen LogP contribution in [0.3, 0.4) is 0 Å². The van der Waals surface area contributed by atoms with Crippen molar-refractivity contribution >= 4 is 32.5 Å². The van der Waals surface area contributed by atoms with Crippen LogP contribution in [0.2, 0.25) is 0 Å². The minimum Gasteiger partial charge on any atom is -0.396 e. The zero-order valence-corrected chi connectivity index (χ0v) is 5.47. The van der Waals surface area contributed by atoms with Gasteiger partial charge < -0.3 is 4.46 Å². The van der Waals surface area contributed by atoms with Crippen LogP contribution in [-0.2, 0) is 7.53 Å². The van der Waals surface area contributed by atoms with E-state index in [-0.39, 0.29) is 0 Å². The second kappa shape index (κ2) is 76.9. The van der Waals surface area contributed by atoms with Gasteiger partial charge in [0.2, 0.25) is 10.1 Å². The van der Waals surface area contributed by atoms with Gasteiger partial charge in [0.1, 0.15) is 23.0 Å². The van der Waals surface area contributed by atoms with Crippen molar-refractivity contribution in [1.82, 2.24) is 0 Å². The van der Waals surface area contributed by atoms with E-state index < -0.39 is 22.4 Å². The molecule has 0 bridgehead atoms. The summed E-state index contributed by atoms with van der Waals surface area (Å²) >= 11 is -1.41. The quantitative estimate of drug-likeness (QED) is 0.381. The molecule has 0 spiro atoms.